The number of nitrogens with two attached hydrogens (primary N) is 2. The first-order chi connectivity index (χ1) is 4.72. The van der Waals surface area contributed by atoms with Crippen LogP contribution in [0.25, 0.3) is 0 Å². The summed E-state index contributed by atoms with van der Waals surface area (Å²) in [6, 6.07) is 1.04. The molecule has 1 aromatic rings. The molecule has 0 aliphatic heterocycles. The van der Waals surface area contributed by atoms with E-state index in [1.165, 1.54) is 0 Å². The van der Waals surface area contributed by atoms with Gasteiger partial charge in [-0.1, -0.05) is 0 Å². The average molecular weight is 143 g/mol. The minimum Gasteiger partial charge on any atom is -0.368 e. The molecule has 0 amide bonds. The first kappa shape index (κ1) is 6.69. The largest absolute Gasteiger partial charge is 0.368 e. The Morgan fingerprint density at radius 1 is 1.50 bits per heavy atom. The van der Waals surface area contributed by atoms with Gasteiger partial charge in [0.05, 0.1) is 0 Å². The lowest BCUT2D eigenvalue weighted by Crippen LogP contribution is -2.10. The Morgan fingerprint density at radius 3 is 2.70 bits per heavy atom. The topological polar surface area (TPSA) is 89.8 Å². The van der Waals surface area contributed by atoms with Gasteiger partial charge >= 0.3 is 0 Å². The third kappa shape index (κ3) is 1.29. The highest BCUT2D eigenvalue weighted by molar-refractivity contribution is 5.36. The first-order valence-electron chi connectivity index (χ1n) is 2.49. The molecule has 1 rings (SSSR count). The molecule has 5 nitrogen and oxygen atoms in total. The number of nitrogen functional groups attached to an aromatic ring is 2. The molecule has 1 aromatic heterocycles. The van der Waals surface area contributed by atoms with Gasteiger partial charge in [-0.2, -0.15) is 14.4 Å². The number of halogens is 1. The molecule has 54 valence electrons. The molecule has 0 saturated carbocycles. The Hall–Kier alpha value is -1.43. The van der Waals surface area contributed by atoms with Crippen molar-refractivity contribution in [1.29, 1.82) is 0 Å². The number of anilines is 2. The van der Waals surface area contributed by atoms with E-state index in [2.05, 4.69) is 15.4 Å². The van der Waals surface area contributed by atoms with Crippen molar-refractivity contribution in [2.24, 2.45) is 5.84 Å². The summed E-state index contributed by atoms with van der Waals surface area (Å²) in [6.45, 7) is 0. The quantitative estimate of drug-likeness (QED) is 0.279. The number of nitrogens with zero attached hydrogens (tertiary/aromatic N) is 2. The van der Waals surface area contributed by atoms with Crippen molar-refractivity contribution in [1.82, 2.24) is 9.97 Å². The van der Waals surface area contributed by atoms with Gasteiger partial charge < -0.3 is 11.2 Å². The molecule has 6 heteroatoms. The molecule has 0 aromatic carbocycles. The highest BCUT2D eigenvalue weighted by Crippen LogP contribution is 2.03. The molecule has 1 heterocycles. The van der Waals surface area contributed by atoms with E-state index in [0.29, 0.717) is 0 Å². The van der Waals surface area contributed by atoms with Crippen LogP contribution in [0, 0.1) is 5.95 Å². The van der Waals surface area contributed by atoms with Crippen LogP contribution in [-0.2, 0) is 0 Å². The lowest BCUT2D eigenvalue weighted by atomic mass is 10.6. The molecule has 0 aliphatic carbocycles. The van der Waals surface area contributed by atoms with Crippen LogP contribution in [0.2, 0.25) is 0 Å². The molecular formula is C4H6FN5. The lowest BCUT2D eigenvalue weighted by Gasteiger charge is -1.97. The maximum atomic E-state index is 12.3. The standard InChI is InChI=1S/C4H6FN5/c5-2-1-3(10-7)9-4(6)8-2/h1H,7H2,(H3,6,8,9,10). The van der Waals surface area contributed by atoms with Gasteiger partial charge in [-0.15, -0.1) is 0 Å². The lowest BCUT2D eigenvalue weighted by molar-refractivity contribution is 0.583. The molecule has 5 N–H and O–H groups in total. The van der Waals surface area contributed by atoms with Crippen LogP contribution >= 0.6 is 0 Å². The summed E-state index contributed by atoms with van der Waals surface area (Å²) < 4.78 is 12.3. The number of hydrazine groups is 1. The number of hydrogen-bond acceptors (Lipinski definition) is 5. The second-order valence-corrected chi connectivity index (χ2v) is 1.58. The summed E-state index contributed by atoms with van der Waals surface area (Å²) in [6.07, 6.45) is 0. The Kier molecular flexibility index (Phi) is 1.63. The van der Waals surface area contributed by atoms with E-state index in [1.54, 1.807) is 0 Å². The van der Waals surface area contributed by atoms with Crippen molar-refractivity contribution < 1.29 is 4.39 Å². The molecule has 0 fully saturated rings. The normalized spacial score (nSPS) is 9.40. The Morgan fingerprint density at radius 2 is 2.20 bits per heavy atom. The Balaban J connectivity index is 3.06. The molecule has 0 radical (unpaired) electrons. The van der Waals surface area contributed by atoms with E-state index in [4.69, 9.17) is 11.6 Å². The second-order valence-electron chi connectivity index (χ2n) is 1.58. The van der Waals surface area contributed by atoms with Crippen LogP contribution < -0.4 is 17.0 Å². The molecule has 0 atom stereocenters. The van der Waals surface area contributed by atoms with Gasteiger partial charge in [0, 0.05) is 6.07 Å². The number of aromatic nitrogens is 2. The van der Waals surface area contributed by atoms with Gasteiger partial charge in [-0.3, -0.25) is 0 Å². The fourth-order valence-electron chi connectivity index (χ4n) is 0.509. The maximum absolute atomic E-state index is 12.3. The Labute approximate surface area is 56.2 Å². The van der Waals surface area contributed by atoms with Crippen molar-refractivity contribution in [2.45, 2.75) is 0 Å². The summed E-state index contributed by atoms with van der Waals surface area (Å²) in [7, 11) is 0. The van der Waals surface area contributed by atoms with Crippen LogP contribution in [-0.4, -0.2) is 9.97 Å². The summed E-state index contributed by atoms with van der Waals surface area (Å²) in [5.74, 6) is 4.23. The SMILES string of the molecule is NNc1cc(F)nc(N)n1. The zero-order valence-corrected chi connectivity index (χ0v) is 5.00. The molecule has 0 unspecified atom stereocenters. The predicted octanol–water partition coefficient (Wildman–Crippen LogP) is -0.517. The van der Waals surface area contributed by atoms with Crippen LogP contribution in [0.4, 0.5) is 16.2 Å². The smallest absolute Gasteiger partial charge is 0.224 e. The molecular weight excluding hydrogens is 137 g/mol. The summed E-state index contributed by atoms with van der Waals surface area (Å²) >= 11 is 0. The van der Waals surface area contributed by atoms with Crippen LogP contribution in [0.3, 0.4) is 0 Å². The molecule has 0 saturated heterocycles. The van der Waals surface area contributed by atoms with Gasteiger partial charge in [0.25, 0.3) is 0 Å². The first-order valence-corrected chi connectivity index (χ1v) is 2.49. The van der Waals surface area contributed by atoms with E-state index < -0.39 is 5.95 Å². The van der Waals surface area contributed by atoms with Gasteiger partial charge in [0.15, 0.2) is 0 Å². The molecule has 0 spiro atoms. The van der Waals surface area contributed by atoms with Crippen LogP contribution in [0.1, 0.15) is 0 Å². The fourth-order valence-corrected chi connectivity index (χ4v) is 0.509. The van der Waals surface area contributed by atoms with Gasteiger partial charge in [-0.25, -0.2) is 5.84 Å². The number of rotatable bonds is 1. The van der Waals surface area contributed by atoms with Gasteiger partial charge in [-0.05, 0) is 0 Å². The molecule has 10 heavy (non-hydrogen) atoms. The Bertz CT molecular complexity index is 217. The van der Waals surface area contributed by atoms with Gasteiger partial charge in [0.2, 0.25) is 11.9 Å². The monoisotopic (exact) mass is 143 g/mol. The zero-order valence-electron chi connectivity index (χ0n) is 5.00. The third-order valence-electron chi connectivity index (χ3n) is 0.860. The van der Waals surface area contributed by atoms with Crippen molar-refractivity contribution in [3.8, 4) is 0 Å². The van der Waals surface area contributed by atoms with Crippen molar-refractivity contribution in [3.05, 3.63) is 12.0 Å². The van der Waals surface area contributed by atoms with E-state index in [-0.39, 0.29) is 11.8 Å². The number of nitrogens with one attached hydrogen (secondary N) is 1. The highest BCUT2D eigenvalue weighted by atomic mass is 19.1. The summed E-state index contributed by atoms with van der Waals surface area (Å²) in [5, 5.41) is 0. The minimum absolute atomic E-state index is 0.145. The maximum Gasteiger partial charge on any atom is 0.224 e. The average Bonchev–Trinajstić information content (AvgIpc) is 1.85. The summed E-state index contributed by atoms with van der Waals surface area (Å²) in [4.78, 5) is 6.73. The molecule has 0 aliphatic rings. The van der Waals surface area contributed by atoms with Crippen molar-refractivity contribution in [2.75, 3.05) is 11.2 Å². The highest BCUT2D eigenvalue weighted by Gasteiger charge is 1.97. The van der Waals surface area contributed by atoms with E-state index >= 15 is 0 Å². The summed E-state index contributed by atoms with van der Waals surface area (Å²) in [5.41, 5.74) is 7.21. The van der Waals surface area contributed by atoms with Crippen molar-refractivity contribution in [3.63, 3.8) is 0 Å². The number of hydrogen-bond donors (Lipinski definition) is 3. The van der Waals surface area contributed by atoms with E-state index in [0.717, 1.165) is 6.07 Å². The van der Waals surface area contributed by atoms with E-state index in [1.807, 2.05) is 0 Å². The predicted molar refractivity (Wildman–Crippen MR) is 34.2 cm³/mol. The van der Waals surface area contributed by atoms with Crippen molar-refractivity contribution >= 4 is 11.8 Å². The van der Waals surface area contributed by atoms with E-state index in [9.17, 15) is 4.39 Å². The molecule has 0 bridgehead atoms. The fraction of sp³-hybridized carbons (Fsp3) is 0. The second kappa shape index (κ2) is 2.44. The third-order valence-corrected chi connectivity index (χ3v) is 0.860. The van der Waals surface area contributed by atoms with Crippen LogP contribution in [0.5, 0.6) is 0 Å². The van der Waals surface area contributed by atoms with Gasteiger partial charge in [0.1, 0.15) is 5.82 Å². The zero-order chi connectivity index (χ0) is 7.56. The minimum atomic E-state index is -0.708. The van der Waals surface area contributed by atoms with Crippen LogP contribution in [0.15, 0.2) is 6.07 Å².